The summed E-state index contributed by atoms with van der Waals surface area (Å²) in [4.78, 5) is 25.3. The molecule has 0 saturated carbocycles. The molecule has 1 saturated heterocycles. The highest BCUT2D eigenvalue weighted by Crippen LogP contribution is 2.28. The Bertz CT molecular complexity index is 545. The van der Waals surface area contributed by atoms with Crippen LogP contribution in [0.15, 0.2) is 18.2 Å². The Hall–Kier alpha value is -2.24. The second-order valence-corrected chi connectivity index (χ2v) is 5.07. The van der Waals surface area contributed by atoms with Gasteiger partial charge in [0.25, 0.3) is 0 Å². The third-order valence-corrected chi connectivity index (χ3v) is 3.36. The van der Waals surface area contributed by atoms with Crippen molar-refractivity contribution in [1.29, 1.82) is 0 Å². The Labute approximate surface area is 124 Å². The number of nitrogen functional groups attached to an aromatic ring is 1. The molecule has 1 fully saturated rings. The first-order chi connectivity index (χ1) is 10.0. The summed E-state index contributed by atoms with van der Waals surface area (Å²) >= 11 is 0. The summed E-state index contributed by atoms with van der Waals surface area (Å²) < 4.78 is 5.60. The molecule has 0 radical (unpaired) electrons. The van der Waals surface area contributed by atoms with Crippen molar-refractivity contribution in [3.63, 3.8) is 0 Å². The van der Waals surface area contributed by atoms with Crippen molar-refractivity contribution in [2.24, 2.45) is 0 Å². The van der Waals surface area contributed by atoms with Gasteiger partial charge in [-0.15, -0.1) is 0 Å². The first-order valence-corrected chi connectivity index (χ1v) is 7.18. The largest absolute Gasteiger partial charge is 0.493 e. The maximum Gasteiger partial charge on any atom is 0.249 e. The Morgan fingerprint density at radius 1 is 1.33 bits per heavy atom. The molecule has 1 aliphatic rings. The van der Waals surface area contributed by atoms with Gasteiger partial charge in [-0.05, 0) is 18.9 Å². The Kier molecular flexibility index (Phi) is 4.67. The van der Waals surface area contributed by atoms with E-state index in [9.17, 15) is 9.59 Å². The number of rotatable bonds is 5. The molecule has 0 spiro atoms. The van der Waals surface area contributed by atoms with E-state index >= 15 is 0 Å². The zero-order valence-corrected chi connectivity index (χ0v) is 12.4. The van der Waals surface area contributed by atoms with E-state index < -0.39 is 0 Å². The van der Waals surface area contributed by atoms with Crippen LogP contribution in [0.5, 0.6) is 5.75 Å². The molecule has 21 heavy (non-hydrogen) atoms. The smallest absolute Gasteiger partial charge is 0.249 e. The van der Waals surface area contributed by atoms with E-state index in [1.165, 1.54) is 0 Å². The molecule has 1 heterocycles. The van der Waals surface area contributed by atoms with Crippen LogP contribution >= 0.6 is 0 Å². The number of carbonyl (C=O) groups excluding carboxylic acids is 2. The fraction of sp³-hybridized carbons (Fsp3) is 0.467. The average molecular weight is 291 g/mol. The van der Waals surface area contributed by atoms with Gasteiger partial charge >= 0.3 is 0 Å². The molecular weight excluding hydrogens is 270 g/mol. The van der Waals surface area contributed by atoms with Gasteiger partial charge in [0, 0.05) is 23.5 Å². The first kappa shape index (κ1) is 15.2. The quantitative estimate of drug-likeness (QED) is 0.631. The molecule has 1 aliphatic heterocycles. The minimum Gasteiger partial charge on any atom is -0.493 e. The Morgan fingerprint density at radius 2 is 2.10 bits per heavy atom. The topological polar surface area (TPSA) is 84.7 Å². The van der Waals surface area contributed by atoms with Gasteiger partial charge in [0.05, 0.1) is 13.2 Å². The van der Waals surface area contributed by atoms with E-state index in [0.717, 1.165) is 12.1 Å². The molecule has 3 N–H and O–H groups in total. The van der Waals surface area contributed by atoms with Crippen LogP contribution in [0.4, 0.5) is 11.4 Å². The molecule has 0 aliphatic carbocycles. The van der Waals surface area contributed by atoms with Crippen molar-refractivity contribution in [2.45, 2.75) is 32.7 Å². The molecule has 2 rings (SSSR count). The predicted octanol–water partition coefficient (Wildman–Crippen LogP) is 1.30. The molecule has 1 aromatic rings. The highest BCUT2D eigenvalue weighted by Gasteiger charge is 2.32. The number of imide groups is 1. The van der Waals surface area contributed by atoms with E-state index in [1.54, 1.807) is 17.0 Å². The van der Waals surface area contributed by atoms with Crippen LogP contribution in [0.25, 0.3) is 0 Å². The molecule has 2 amide bonds. The number of nitrogens with zero attached hydrogens (tertiary/aromatic N) is 1. The molecule has 1 unspecified atom stereocenters. The van der Waals surface area contributed by atoms with Gasteiger partial charge in [-0.2, -0.15) is 0 Å². The van der Waals surface area contributed by atoms with E-state index in [1.807, 2.05) is 19.9 Å². The van der Waals surface area contributed by atoms with Gasteiger partial charge in [-0.3, -0.25) is 14.9 Å². The number of anilines is 2. The van der Waals surface area contributed by atoms with E-state index in [4.69, 9.17) is 10.5 Å². The van der Waals surface area contributed by atoms with Gasteiger partial charge in [-0.1, -0.05) is 13.8 Å². The molecular formula is C15H21N3O3. The maximum atomic E-state index is 11.9. The van der Waals surface area contributed by atoms with Crippen molar-refractivity contribution in [3.8, 4) is 5.75 Å². The highest BCUT2D eigenvalue weighted by atomic mass is 16.5. The van der Waals surface area contributed by atoms with Crippen molar-refractivity contribution >= 4 is 23.2 Å². The summed E-state index contributed by atoms with van der Waals surface area (Å²) in [5.41, 5.74) is 7.18. The summed E-state index contributed by atoms with van der Waals surface area (Å²) in [5.74, 6) is 0.0792. The number of amides is 2. The van der Waals surface area contributed by atoms with Crippen LogP contribution in [0.2, 0.25) is 0 Å². The summed E-state index contributed by atoms with van der Waals surface area (Å²) in [7, 11) is 0. The average Bonchev–Trinajstić information content (AvgIpc) is 2.43. The molecule has 0 bridgehead atoms. The number of hydrogen-bond donors (Lipinski definition) is 2. The van der Waals surface area contributed by atoms with Crippen LogP contribution < -0.4 is 20.7 Å². The summed E-state index contributed by atoms with van der Waals surface area (Å²) in [6, 6.07) is 4.95. The maximum absolute atomic E-state index is 11.9. The van der Waals surface area contributed by atoms with E-state index in [0.29, 0.717) is 24.5 Å². The minimum atomic E-state index is -0.372. The van der Waals surface area contributed by atoms with Crippen LogP contribution in [0.3, 0.4) is 0 Å². The Balaban J connectivity index is 2.31. The molecule has 1 aromatic carbocycles. The first-order valence-electron chi connectivity index (χ1n) is 7.18. The molecule has 6 heteroatoms. The number of carbonyl (C=O) groups is 2. The lowest BCUT2D eigenvalue weighted by molar-refractivity contribution is -0.132. The monoisotopic (exact) mass is 291 g/mol. The van der Waals surface area contributed by atoms with Crippen LogP contribution in [0, 0.1) is 0 Å². The number of hydrogen-bond acceptors (Lipinski definition) is 5. The lowest BCUT2D eigenvalue weighted by atomic mass is 10.1. The summed E-state index contributed by atoms with van der Waals surface area (Å²) in [6.07, 6.45) is 1.51. The van der Waals surface area contributed by atoms with Gasteiger partial charge in [0.15, 0.2) is 0 Å². The number of ether oxygens (including phenoxy) is 1. The van der Waals surface area contributed by atoms with E-state index in [2.05, 4.69) is 5.32 Å². The summed E-state index contributed by atoms with van der Waals surface area (Å²) in [6.45, 7) is 4.67. The molecule has 114 valence electrons. The zero-order chi connectivity index (χ0) is 15.4. The third-order valence-electron chi connectivity index (χ3n) is 3.36. The SMILES string of the molecule is CCCOc1cc(N)cc(N2CC(=O)NC(=O)C2CC)c1. The standard InChI is InChI=1S/C15H21N3O3/c1-3-5-21-12-7-10(16)6-11(8-12)18-9-14(19)17-15(20)13(18)4-2/h6-8,13H,3-5,9,16H2,1-2H3,(H,17,19,20). The number of piperazine rings is 1. The number of benzene rings is 1. The lowest BCUT2D eigenvalue weighted by Gasteiger charge is -2.35. The Morgan fingerprint density at radius 3 is 2.76 bits per heavy atom. The van der Waals surface area contributed by atoms with Gasteiger partial charge in [-0.25, -0.2) is 0 Å². The number of nitrogens with one attached hydrogen (secondary N) is 1. The van der Waals surface area contributed by atoms with Gasteiger partial charge in [0.1, 0.15) is 11.8 Å². The lowest BCUT2D eigenvalue weighted by Crippen LogP contribution is -2.58. The predicted molar refractivity (Wildman–Crippen MR) is 81.2 cm³/mol. The van der Waals surface area contributed by atoms with E-state index in [-0.39, 0.29) is 24.4 Å². The van der Waals surface area contributed by atoms with Gasteiger partial charge < -0.3 is 15.4 Å². The van der Waals surface area contributed by atoms with Gasteiger partial charge in [0.2, 0.25) is 11.8 Å². The second-order valence-electron chi connectivity index (χ2n) is 5.07. The van der Waals surface area contributed by atoms with Crippen molar-refractivity contribution < 1.29 is 14.3 Å². The van der Waals surface area contributed by atoms with Crippen molar-refractivity contribution in [2.75, 3.05) is 23.8 Å². The third kappa shape index (κ3) is 3.45. The van der Waals surface area contributed by atoms with Crippen LogP contribution in [-0.4, -0.2) is 31.0 Å². The summed E-state index contributed by atoms with van der Waals surface area (Å²) in [5, 5.41) is 2.36. The minimum absolute atomic E-state index is 0.140. The van der Waals surface area contributed by atoms with Crippen molar-refractivity contribution in [3.05, 3.63) is 18.2 Å². The highest BCUT2D eigenvalue weighted by molar-refractivity contribution is 6.04. The molecule has 1 atom stereocenters. The number of nitrogens with two attached hydrogens (primary N) is 1. The van der Waals surface area contributed by atoms with Crippen LogP contribution in [-0.2, 0) is 9.59 Å². The van der Waals surface area contributed by atoms with Crippen molar-refractivity contribution in [1.82, 2.24) is 5.32 Å². The van der Waals surface area contributed by atoms with Crippen LogP contribution in [0.1, 0.15) is 26.7 Å². The fourth-order valence-corrected chi connectivity index (χ4v) is 2.42. The normalized spacial score (nSPS) is 18.6. The fourth-order valence-electron chi connectivity index (χ4n) is 2.42. The zero-order valence-electron chi connectivity index (χ0n) is 12.4. The molecule has 0 aromatic heterocycles. The molecule has 6 nitrogen and oxygen atoms in total. The second kappa shape index (κ2) is 6.47.